The first kappa shape index (κ1) is 13.0. The van der Waals surface area contributed by atoms with E-state index in [-0.39, 0.29) is 16.7 Å². The standard InChI is InChI=1S/C11H8F3NO2/c1-6-8(11(12,13)14)4-3-7(5-15)9(6)10(16)17-2/h3-4H,1-2H3. The van der Waals surface area contributed by atoms with Crippen molar-refractivity contribution in [2.45, 2.75) is 13.1 Å². The summed E-state index contributed by atoms with van der Waals surface area (Å²) in [6.45, 7) is 1.13. The fraction of sp³-hybridized carbons (Fsp3) is 0.273. The number of nitrogens with zero attached hydrogens (tertiary/aromatic N) is 1. The van der Waals surface area contributed by atoms with Gasteiger partial charge in [0, 0.05) is 0 Å². The zero-order chi connectivity index (χ0) is 13.2. The van der Waals surface area contributed by atoms with Gasteiger partial charge in [0.25, 0.3) is 0 Å². The number of rotatable bonds is 1. The second-order valence-electron chi connectivity index (χ2n) is 3.26. The van der Waals surface area contributed by atoms with Crippen molar-refractivity contribution in [2.24, 2.45) is 0 Å². The van der Waals surface area contributed by atoms with E-state index in [9.17, 15) is 18.0 Å². The van der Waals surface area contributed by atoms with Crippen molar-refractivity contribution in [3.63, 3.8) is 0 Å². The minimum atomic E-state index is -4.57. The Hall–Kier alpha value is -2.03. The van der Waals surface area contributed by atoms with Gasteiger partial charge < -0.3 is 4.74 Å². The molecule has 0 fully saturated rings. The minimum Gasteiger partial charge on any atom is -0.465 e. The highest BCUT2D eigenvalue weighted by Gasteiger charge is 2.34. The van der Waals surface area contributed by atoms with E-state index in [0.29, 0.717) is 0 Å². The molecule has 0 aliphatic rings. The first-order chi connectivity index (χ1) is 7.82. The van der Waals surface area contributed by atoms with Crippen LogP contribution in [0, 0.1) is 18.3 Å². The van der Waals surface area contributed by atoms with Gasteiger partial charge in [0.05, 0.1) is 23.8 Å². The topological polar surface area (TPSA) is 50.1 Å². The highest BCUT2D eigenvalue weighted by Crippen LogP contribution is 2.34. The molecule has 0 bridgehead atoms. The van der Waals surface area contributed by atoms with Gasteiger partial charge >= 0.3 is 12.1 Å². The summed E-state index contributed by atoms with van der Waals surface area (Å²) < 4.78 is 42.2. The van der Waals surface area contributed by atoms with Crippen LogP contribution in [-0.2, 0) is 10.9 Å². The number of hydrogen-bond acceptors (Lipinski definition) is 3. The highest BCUT2D eigenvalue weighted by molar-refractivity contribution is 5.94. The number of nitriles is 1. The predicted molar refractivity (Wildman–Crippen MR) is 52.2 cm³/mol. The van der Waals surface area contributed by atoms with Crippen molar-refractivity contribution < 1.29 is 22.7 Å². The molecule has 90 valence electrons. The summed E-state index contributed by atoms with van der Waals surface area (Å²) in [4.78, 5) is 11.4. The second-order valence-corrected chi connectivity index (χ2v) is 3.26. The maximum Gasteiger partial charge on any atom is 0.416 e. The number of benzene rings is 1. The van der Waals surface area contributed by atoms with Crippen molar-refractivity contribution in [3.8, 4) is 6.07 Å². The van der Waals surface area contributed by atoms with E-state index in [1.807, 2.05) is 0 Å². The second kappa shape index (κ2) is 4.45. The fourth-order valence-corrected chi connectivity index (χ4v) is 1.48. The van der Waals surface area contributed by atoms with Gasteiger partial charge in [-0.15, -0.1) is 0 Å². The van der Waals surface area contributed by atoms with Gasteiger partial charge in [-0.05, 0) is 24.6 Å². The fourth-order valence-electron chi connectivity index (χ4n) is 1.48. The largest absolute Gasteiger partial charge is 0.465 e. The SMILES string of the molecule is COC(=O)c1c(C#N)ccc(C(F)(F)F)c1C. The summed E-state index contributed by atoms with van der Waals surface area (Å²) in [5.41, 5.74) is -1.73. The Bertz CT molecular complexity index is 501. The predicted octanol–water partition coefficient (Wildman–Crippen LogP) is 2.67. The molecule has 0 N–H and O–H groups in total. The van der Waals surface area contributed by atoms with Crippen molar-refractivity contribution in [1.82, 2.24) is 0 Å². The molecule has 0 radical (unpaired) electrons. The third-order valence-corrected chi connectivity index (χ3v) is 2.28. The van der Waals surface area contributed by atoms with E-state index in [1.165, 1.54) is 0 Å². The molecule has 0 heterocycles. The summed E-state index contributed by atoms with van der Waals surface area (Å²) in [5, 5.41) is 8.74. The van der Waals surface area contributed by atoms with E-state index in [4.69, 9.17) is 5.26 Å². The molecule has 17 heavy (non-hydrogen) atoms. The number of ether oxygens (including phenoxy) is 1. The molecule has 0 saturated heterocycles. The first-order valence-electron chi connectivity index (χ1n) is 4.52. The molecule has 0 aliphatic carbocycles. The van der Waals surface area contributed by atoms with Crippen LogP contribution < -0.4 is 0 Å². The molecule has 6 heteroatoms. The smallest absolute Gasteiger partial charge is 0.416 e. The molecule has 0 aromatic heterocycles. The van der Waals surface area contributed by atoms with Gasteiger partial charge in [0.2, 0.25) is 0 Å². The molecule has 0 atom stereocenters. The van der Waals surface area contributed by atoms with E-state index in [2.05, 4.69) is 4.74 Å². The van der Waals surface area contributed by atoms with E-state index < -0.39 is 17.7 Å². The number of halogens is 3. The van der Waals surface area contributed by atoms with Crippen LogP contribution in [0.4, 0.5) is 13.2 Å². The quantitative estimate of drug-likeness (QED) is 0.712. The number of esters is 1. The van der Waals surface area contributed by atoms with Gasteiger partial charge in [-0.1, -0.05) is 0 Å². The highest BCUT2D eigenvalue weighted by atomic mass is 19.4. The van der Waals surface area contributed by atoms with E-state index >= 15 is 0 Å². The maximum atomic E-state index is 12.6. The van der Waals surface area contributed by atoms with Crippen LogP contribution in [0.1, 0.15) is 27.0 Å². The zero-order valence-electron chi connectivity index (χ0n) is 9.05. The van der Waals surface area contributed by atoms with Crippen molar-refractivity contribution in [1.29, 1.82) is 5.26 Å². The lowest BCUT2D eigenvalue weighted by atomic mass is 9.97. The number of alkyl halides is 3. The van der Waals surface area contributed by atoms with Gasteiger partial charge in [0.15, 0.2) is 0 Å². The molecule has 1 aromatic rings. The number of hydrogen-bond donors (Lipinski definition) is 0. The number of carbonyl (C=O) groups is 1. The maximum absolute atomic E-state index is 12.6. The summed E-state index contributed by atoms with van der Waals surface area (Å²) in [5.74, 6) is -0.954. The Morgan fingerprint density at radius 2 is 2.00 bits per heavy atom. The minimum absolute atomic E-state index is 0.137. The molecular formula is C11H8F3NO2. The van der Waals surface area contributed by atoms with Crippen molar-refractivity contribution >= 4 is 5.97 Å². The van der Waals surface area contributed by atoms with Crippen LogP contribution in [0.2, 0.25) is 0 Å². The van der Waals surface area contributed by atoms with Gasteiger partial charge in [0.1, 0.15) is 6.07 Å². The summed E-state index contributed by atoms with van der Waals surface area (Å²) in [7, 11) is 1.04. The molecule has 0 aliphatic heterocycles. The van der Waals surface area contributed by atoms with Crippen molar-refractivity contribution in [2.75, 3.05) is 7.11 Å². The molecule has 0 unspecified atom stereocenters. The third kappa shape index (κ3) is 2.38. The van der Waals surface area contributed by atoms with Crippen LogP contribution in [0.25, 0.3) is 0 Å². The van der Waals surface area contributed by atoms with Crippen LogP contribution in [0.5, 0.6) is 0 Å². The Kier molecular flexibility index (Phi) is 3.42. The van der Waals surface area contributed by atoms with E-state index in [0.717, 1.165) is 26.2 Å². The number of carbonyl (C=O) groups excluding carboxylic acids is 1. The monoisotopic (exact) mass is 243 g/mol. The van der Waals surface area contributed by atoms with Gasteiger partial charge in [-0.3, -0.25) is 0 Å². The molecule has 0 saturated carbocycles. The lowest BCUT2D eigenvalue weighted by Gasteiger charge is -2.13. The normalized spacial score (nSPS) is 10.8. The molecular weight excluding hydrogens is 235 g/mol. The molecule has 1 rings (SSSR count). The van der Waals surface area contributed by atoms with Crippen LogP contribution >= 0.6 is 0 Å². The first-order valence-corrected chi connectivity index (χ1v) is 4.52. The molecule has 0 amide bonds. The lowest BCUT2D eigenvalue weighted by molar-refractivity contribution is -0.138. The summed E-state index contributed by atoms with van der Waals surface area (Å²) in [6, 6.07) is 3.40. The Morgan fingerprint density at radius 1 is 1.41 bits per heavy atom. The van der Waals surface area contributed by atoms with Gasteiger partial charge in [-0.2, -0.15) is 18.4 Å². The Balaban J connectivity index is 3.56. The number of methoxy groups -OCH3 is 1. The summed E-state index contributed by atoms with van der Waals surface area (Å²) in [6.07, 6.45) is -4.57. The third-order valence-electron chi connectivity index (χ3n) is 2.28. The summed E-state index contributed by atoms with van der Waals surface area (Å²) >= 11 is 0. The molecule has 1 aromatic carbocycles. The van der Waals surface area contributed by atoms with Crippen molar-refractivity contribution in [3.05, 3.63) is 34.4 Å². The van der Waals surface area contributed by atoms with Crippen LogP contribution in [-0.4, -0.2) is 13.1 Å². The average molecular weight is 243 g/mol. The average Bonchev–Trinajstić information content (AvgIpc) is 2.25. The van der Waals surface area contributed by atoms with E-state index in [1.54, 1.807) is 6.07 Å². The zero-order valence-corrected chi connectivity index (χ0v) is 9.05. The Labute approximate surface area is 95.4 Å². The molecule has 3 nitrogen and oxygen atoms in total. The lowest BCUT2D eigenvalue weighted by Crippen LogP contribution is -2.14. The molecule has 0 spiro atoms. The van der Waals surface area contributed by atoms with Crippen LogP contribution in [0.15, 0.2) is 12.1 Å². The Morgan fingerprint density at radius 3 is 2.41 bits per heavy atom. The van der Waals surface area contributed by atoms with Gasteiger partial charge in [-0.25, -0.2) is 4.79 Å². The van der Waals surface area contributed by atoms with Crippen LogP contribution in [0.3, 0.4) is 0 Å².